The Balaban J connectivity index is 1.51. The van der Waals surface area contributed by atoms with Crippen LogP contribution in [-0.4, -0.2) is 40.4 Å². The molecule has 134 valence electrons. The van der Waals surface area contributed by atoms with Gasteiger partial charge in [-0.2, -0.15) is 4.98 Å². The van der Waals surface area contributed by atoms with Gasteiger partial charge in [0, 0.05) is 49.7 Å². The topological polar surface area (TPSA) is 103 Å². The Bertz CT molecular complexity index is 876. The minimum Gasteiger partial charge on any atom is -0.381 e. The number of aromatic nitrogens is 4. The molecule has 0 saturated carbocycles. The fourth-order valence-corrected chi connectivity index (χ4v) is 3.00. The summed E-state index contributed by atoms with van der Waals surface area (Å²) in [6, 6.07) is 7.68. The van der Waals surface area contributed by atoms with E-state index >= 15 is 0 Å². The fraction of sp³-hybridized carbons (Fsp3) is 0.333. The quantitative estimate of drug-likeness (QED) is 0.746. The molecule has 1 saturated heterocycles. The Morgan fingerprint density at radius 3 is 2.85 bits per heavy atom. The van der Waals surface area contributed by atoms with Gasteiger partial charge in [-0.3, -0.25) is 4.98 Å². The maximum atomic E-state index is 5.91. The molecule has 8 nitrogen and oxygen atoms in total. The van der Waals surface area contributed by atoms with E-state index in [1.165, 1.54) is 0 Å². The molecule has 1 fully saturated rings. The number of nitrogen functional groups attached to an aromatic ring is 1. The van der Waals surface area contributed by atoms with Crippen LogP contribution in [0.3, 0.4) is 0 Å². The number of hydrogen-bond acceptors (Lipinski definition) is 8. The summed E-state index contributed by atoms with van der Waals surface area (Å²) in [6.07, 6.45) is 4.42. The van der Waals surface area contributed by atoms with Crippen molar-refractivity contribution in [3.63, 3.8) is 0 Å². The van der Waals surface area contributed by atoms with Crippen molar-refractivity contribution in [2.75, 3.05) is 30.9 Å². The SMILES string of the molecule is CN(Cc1cc(-c2ccncc2)no1)c1cc([C@H]2CCOC2)nc(N)n1. The van der Waals surface area contributed by atoms with Crippen LogP contribution in [-0.2, 0) is 11.3 Å². The first-order valence-electron chi connectivity index (χ1n) is 8.48. The van der Waals surface area contributed by atoms with E-state index < -0.39 is 0 Å². The second kappa shape index (κ2) is 7.09. The van der Waals surface area contributed by atoms with Crippen LogP contribution in [0.1, 0.15) is 23.8 Å². The molecule has 1 aliphatic rings. The van der Waals surface area contributed by atoms with Crippen molar-refractivity contribution in [1.82, 2.24) is 20.1 Å². The van der Waals surface area contributed by atoms with Gasteiger partial charge in [0.15, 0.2) is 5.76 Å². The van der Waals surface area contributed by atoms with Crippen LogP contribution < -0.4 is 10.6 Å². The average molecular weight is 352 g/mol. The first kappa shape index (κ1) is 16.5. The zero-order chi connectivity index (χ0) is 17.9. The Labute approximate surface area is 151 Å². The van der Waals surface area contributed by atoms with Gasteiger partial charge in [-0.05, 0) is 18.6 Å². The van der Waals surface area contributed by atoms with Gasteiger partial charge in [-0.1, -0.05) is 5.16 Å². The van der Waals surface area contributed by atoms with Gasteiger partial charge in [0.1, 0.15) is 11.5 Å². The molecule has 26 heavy (non-hydrogen) atoms. The first-order valence-corrected chi connectivity index (χ1v) is 8.48. The largest absolute Gasteiger partial charge is 0.381 e. The molecule has 0 bridgehead atoms. The van der Waals surface area contributed by atoms with Crippen molar-refractivity contribution in [2.24, 2.45) is 0 Å². The van der Waals surface area contributed by atoms with Crippen LogP contribution in [0, 0.1) is 0 Å². The molecule has 1 aliphatic heterocycles. The van der Waals surface area contributed by atoms with Crippen LogP contribution in [0.2, 0.25) is 0 Å². The Morgan fingerprint density at radius 1 is 1.23 bits per heavy atom. The highest BCUT2D eigenvalue weighted by Crippen LogP contribution is 2.27. The number of nitrogens with zero attached hydrogens (tertiary/aromatic N) is 5. The van der Waals surface area contributed by atoms with Gasteiger partial charge >= 0.3 is 0 Å². The predicted molar refractivity (Wildman–Crippen MR) is 96.5 cm³/mol. The smallest absolute Gasteiger partial charge is 0.222 e. The van der Waals surface area contributed by atoms with E-state index in [4.69, 9.17) is 15.0 Å². The Kier molecular flexibility index (Phi) is 4.49. The highest BCUT2D eigenvalue weighted by molar-refractivity contribution is 5.58. The third kappa shape index (κ3) is 3.50. The maximum Gasteiger partial charge on any atom is 0.222 e. The molecule has 4 rings (SSSR count). The molecule has 0 aliphatic carbocycles. The summed E-state index contributed by atoms with van der Waals surface area (Å²) in [5.41, 5.74) is 8.57. The van der Waals surface area contributed by atoms with Crippen LogP contribution in [0.15, 0.2) is 41.2 Å². The third-order valence-electron chi connectivity index (χ3n) is 4.42. The van der Waals surface area contributed by atoms with Crippen LogP contribution in [0.4, 0.5) is 11.8 Å². The maximum absolute atomic E-state index is 5.91. The molecule has 8 heteroatoms. The number of pyridine rings is 1. The first-order chi connectivity index (χ1) is 12.7. The second-order valence-electron chi connectivity index (χ2n) is 6.34. The molecule has 2 N–H and O–H groups in total. The molecule has 0 amide bonds. The van der Waals surface area contributed by atoms with Gasteiger partial charge in [0.2, 0.25) is 5.95 Å². The molecule has 3 aromatic rings. The molecular weight excluding hydrogens is 332 g/mol. The highest BCUT2D eigenvalue weighted by atomic mass is 16.5. The Morgan fingerprint density at radius 2 is 2.08 bits per heavy atom. The van der Waals surface area contributed by atoms with E-state index in [0.717, 1.165) is 41.6 Å². The van der Waals surface area contributed by atoms with Crippen LogP contribution >= 0.6 is 0 Å². The summed E-state index contributed by atoms with van der Waals surface area (Å²) >= 11 is 0. The monoisotopic (exact) mass is 352 g/mol. The van der Waals surface area contributed by atoms with Crippen molar-refractivity contribution < 1.29 is 9.26 Å². The van der Waals surface area contributed by atoms with Crippen LogP contribution in [0.25, 0.3) is 11.3 Å². The lowest BCUT2D eigenvalue weighted by atomic mass is 10.0. The lowest BCUT2D eigenvalue weighted by molar-refractivity contribution is 0.193. The summed E-state index contributed by atoms with van der Waals surface area (Å²) < 4.78 is 10.9. The van der Waals surface area contributed by atoms with E-state index in [9.17, 15) is 0 Å². The van der Waals surface area contributed by atoms with Crippen molar-refractivity contribution in [3.8, 4) is 11.3 Å². The van der Waals surface area contributed by atoms with Crippen molar-refractivity contribution in [3.05, 3.63) is 48.1 Å². The highest BCUT2D eigenvalue weighted by Gasteiger charge is 2.21. The lowest BCUT2D eigenvalue weighted by Crippen LogP contribution is -2.19. The zero-order valence-corrected chi connectivity index (χ0v) is 14.5. The van der Waals surface area contributed by atoms with Gasteiger partial charge in [0.25, 0.3) is 0 Å². The molecular formula is C18H20N6O2. The van der Waals surface area contributed by atoms with Gasteiger partial charge in [-0.15, -0.1) is 0 Å². The van der Waals surface area contributed by atoms with Crippen molar-refractivity contribution in [2.45, 2.75) is 18.9 Å². The lowest BCUT2D eigenvalue weighted by Gasteiger charge is -2.18. The molecule has 0 radical (unpaired) electrons. The van der Waals surface area contributed by atoms with E-state index in [0.29, 0.717) is 13.2 Å². The molecule has 3 aromatic heterocycles. The van der Waals surface area contributed by atoms with Crippen molar-refractivity contribution >= 4 is 11.8 Å². The van der Waals surface area contributed by atoms with Gasteiger partial charge in [-0.25, -0.2) is 4.98 Å². The van der Waals surface area contributed by atoms with Gasteiger partial charge < -0.3 is 19.9 Å². The second-order valence-corrected chi connectivity index (χ2v) is 6.34. The van der Waals surface area contributed by atoms with Crippen molar-refractivity contribution in [1.29, 1.82) is 0 Å². The van der Waals surface area contributed by atoms with Gasteiger partial charge in [0.05, 0.1) is 18.8 Å². The number of anilines is 2. The Hall–Kier alpha value is -3.00. The summed E-state index contributed by atoms with van der Waals surface area (Å²) in [6.45, 7) is 1.96. The third-order valence-corrected chi connectivity index (χ3v) is 4.42. The summed E-state index contributed by atoms with van der Waals surface area (Å²) in [7, 11) is 1.94. The normalized spacial score (nSPS) is 16.7. The molecule has 0 spiro atoms. The molecule has 1 atom stereocenters. The van der Waals surface area contributed by atoms with E-state index in [-0.39, 0.29) is 11.9 Å². The molecule has 4 heterocycles. The summed E-state index contributed by atoms with van der Waals surface area (Å²) in [5.74, 6) is 2.03. The average Bonchev–Trinajstić information content (AvgIpc) is 3.34. The standard InChI is InChI=1S/C18H20N6O2/c1-24(10-14-8-16(23-26-14)12-2-5-20-6-3-12)17-9-15(21-18(19)22-17)13-4-7-25-11-13/h2-3,5-6,8-9,13H,4,7,10-11H2,1H3,(H2,19,21,22)/t13-/m0/s1. The number of nitrogens with two attached hydrogens (primary N) is 1. The predicted octanol–water partition coefficient (Wildman–Crippen LogP) is 2.25. The van der Waals surface area contributed by atoms with E-state index in [2.05, 4.69) is 20.1 Å². The fourth-order valence-electron chi connectivity index (χ4n) is 3.00. The summed E-state index contributed by atoms with van der Waals surface area (Å²) in [5, 5.41) is 4.13. The molecule has 0 aromatic carbocycles. The van der Waals surface area contributed by atoms with E-state index in [1.54, 1.807) is 12.4 Å². The van der Waals surface area contributed by atoms with Crippen LogP contribution in [0.5, 0.6) is 0 Å². The molecule has 0 unspecified atom stereocenters. The summed E-state index contributed by atoms with van der Waals surface area (Å²) in [4.78, 5) is 14.7. The minimum atomic E-state index is 0.270. The number of hydrogen-bond donors (Lipinski definition) is 1. The number of ether oxygens (including phenoxy) is 1. The van der Waals surface area contributed by atoms with E-state index in [1.807, 2.05) is 36.2 Å². The number of rotatable bonds is 5. The minimum absolute atomic E-state index is 0.270. The zero-order valence-electron chi connectivity index (χ0n) is 14.5.